The summed E-state index contributed by atoms with van der Waals surface area (Å²) in [5.41, 5.74) is -0.0185. The Morgan fingerprint density at radius 1 is 1.67 bits per heavy atom. The molecule has 1 aromatic carbocycles. The zero-order chi connectivity index (χ0) is 11.6. The number of ether oxygens (including phenoxy) is 1. The van der Waals surface area contributed by atoms with Crippen LogP contribution in [0.4, 0.5) is 4.39 Å². The van der Waals surface area contributed by atoms with Gasteiger partial charge >= 0.3 is 0 Å². The summed E-state index contributed by atoms with van der Waals surface area (Å²) in [6.45, 7) is 1.32. The Kier molecular flexibility index (Phi) is 3.52. The van der Waals surface area contributed by atoms with E-state index < -0.39 is 5.82 Å². The van der Waals surface area contributed by atoms with Crippen LogP contribution >= 0.6 is 11.6 Å². The van der Waals surface area contributed by atoms with E-state index in [1.807, 2.05) is 0 Å². The van der Waals surface area contributed by atoms with Crippen LogP contribution in [0.15, 0.2) is 6.07 Å². The van der Waals surface area contributed by atoms with E-state index in [9.17, 15) is 14.3 Å². The molecule has 0 amide bonds. The maximum atomic E-state index is 13.5. The lowest BCUT2D eigenvalue weighted by atomic mass is 10.1. The molecule has 3 nitrogen and oxygen atoms in total. The van der Waals surface area contributed by atoms with Crippen molar-refractivity contribution in [1.29, 1.82) is 0 Å². The molecule has 0 saturated carbocycles. The first-order chi connectivity index (χ1) is 6.97. The van der Waals surface area contributed by atoms with Crippen LogP contribution in [0, 0.1) is 5.82 Å². The first-order valence-electron chi connectivity index (χ1n) is 4.20. The minimum atomic E-state index is -0.735. The number of benzene rings is 1. The number of carbonyl (C=O) groups excluding carboxylic acids is 1. The number of halogens is 2. The lowest BCUT2D eigenvalue weighted by Gasteiger charge is -2.11. The molecule has 0 bridgehead atoms. The predicted molar refractivity (Wildman–Crippen MR) is 54.0 cm³/mol. The summed E-state index contributed by atoms with van der Waals surface area (Å²) in [5, 5.41) is 9.19. The number of ketones is 1. The number of hydrogen-bond donors (Lipinski definition) is 1. The molecule has 1 aromatic rings. The van der Waals surface area contributed by atoms with Gasteiger partial charge in [-0.2, -0.15) is 0 Å². The Balaban J connectivity index is 3.36. The van der Waals surface area contributed by atoms with Gasteiger partial charge in [0.05, 0.1) is 12.1 Å². The molecule has 15 heavy (non-hydrogen) atoms. The summed E-state index contributed by atoms with van der Waals surface area (Å²) < 4.78 is 18.3. The Morgan fingerprint density at radius 2 is 2.27 bits per heavy atom. The Labute approximate surface area is 91.4 Å². The molecule has 5 heteroatoms. The van der Waals surface area contributed by atoms with Gasteiger partial charge in [-0.3, -0.25) is 4.79 Å². The van der Waals surface area contributed by atoms with E-state index in [1.165, 1.54) is 14.0 Å². The van der Waals surface area contributed by atoms with Gasteiger partial charge < -0.3 is 9.84 Å². The molecule has 0 heterocycles. The second-order valence-electron chi connectivity index (χ2n) is 3.08. The zero-order valence-electron chi connectivity index (χ0n) is 8.30. The number of rotatable bonds is 3. The molecule has 0 atom stereocenters. The molecule has 0 spiro atoms. The van der Waals surface area contributed by atoms with Crippen LogP contribution in [-0.2, 0) is 11.2 Å². The van der Waals surface area contributed by atoms with E-state index in [4.69, 9.17) is 16.3 Å². The predicted octanol–water partition coefficient (Wildman–Crippen LogP) is 2.32. The number of carbonyl (C=O) groups is 1. The first kappa shape index (κ1) is 11.8. The van der Waals surface area contributed by atoms with Crippen LogP contribution in [-0.4, -0.2) is 18.0 Å². The second kappa shape index (κ2) is 4.49. The van der Waals surface area contributed by atoms with E-state index >= 15 is 0 Å². The molecule has 0 aliphatic rings. The van der Waals surface area contributed by atoms with Gasteiger partial charge in [0, 0.05) is 18.1 Å². The third-order valence-electron chi connectivity index (χ3n) is 1.87. The van der Waals surface area contributed by atoms with Crippen LogP contribution in [0.25, 0.3) is 0 Å². The summed E-state index contributed by atoms with van der Waals surface area (Å²) >= 11 is 5.53. The van der Waals surface area contributed by atoms with E-state index in [2.05, 4.69) is 0 Å². The SMILES string of the molecule is COc1c(O)cc(Cl)c(F)c1CC(C)=O. The largest absolute Gasteiger partial charge is 0.504 e. The molecule has 0 aliphatic heterocycles. The monoisotopic (exact) mass is 232 g/mol. The van der Waals surface area contributed by atoms with Crippen LogP contribution < -0.4 is 4.74 Å². The number of Topliss-reactive ketones (excluding diaryl/α,β-unsaturated/α-hetero) is 1. The number of aromatic hydroxyl groups is 1. The van der Waals surface area contributed by atoms with Gasteiger partial charge in [-0.05, 0) is 6.92 Å². The third-order valence-corrected chi connectivity index (χ3v) is 2.15. The molecule has 0 saturated heterocycles. The lowest BCUT2D eigenvalue weighted by Crippen LogP contribution is -2.03. The number of phenols is 1. The van der Waals surface area contributed by atoms with E-state index in [-0.39, 0.29) is 34.3 Å². The summed E-state index contributed by atoms with van der Waals surface area (Å²) in [4.78, 5) is 10.9. The molecule has 0 aromatic heterocycles. The number of phenolic OH excluding ortho intramolecular Hbond substituents is 1. The lowest BCUT2D eigenvalue weighted by molar-refractivity contribution is -0.116. The van der Waals surface area contributed by atoms with Crippen molar-refractivity contribution in [2.45, 2.75) is 13.3 Å². The quantitative estimate of drug-likeness (QED) is 0.870. The number of methoxy groups -OCH3 is 1. The molecule has 82 valence electrons. The third kappa shape index (κ3) is 2.39. The van der Waals surface area contributed by atoms with Crippen LogP contribution in [0.3, 0.4) is 0 Å². The van der Waals surface area contributed by atoms with Gasteiger partial charge in [-0.25, -0.2) is 4.39 Å². The summed E-state index contributed by atoms with van der Waals surface area (Å²) in [6.07, 6.45) is -0.164. The van der Waals surface area contributed by atoms with Gasteiger partial charge in [-0.1, -0.05) is 11.6 Å². The first-order valence-corrected chi connectivity index (χ1v) is 4.58. The Hall–Kier alpha value is -1.29. The van der Waals surface area contributed by atoms with Crippen LogP contribution in [0.2, 0.25) is 5.02 Å². The molecule has 0 radical (unpaired) electrons. The summed E-state index contributed by atoms with van der Waals surface area (Å²) in [7, 11) is 1.28. The molecular formula is C10H10ClFO3. The topological polar surface area (TPSA) is 46.5 Å². The van der Waals surface area contributed by atoms with Crippen molar-refractivity contribution in [2.24, 2.45) is 0 Å². The average molecular weight is 233 g/mol. The van der Waals surface area contributed by atoms with E-state index in [0.29, 0.717) is 0 Å². The Bertz CT molecular complexity index is 404. The maximum absolute atomic E-state index is 13.5. The van der Waals surface area contributed by atoms with Gasteiger partial charge in [0.15, 0.2) is 11.5 Å². The molecule has 1 rings (SSSR count). The highest BCUT2D eigenvalue weighted by Gasteiger charge is 2.18. The normalized spacial score (nSPS) is 10.1. The van der Waals surface area contributed by atoms with Gasteiger partial charge in [0.1, 0.15) is 11.6 Å². The van der Waals surface area contributed by atoms with Crippen molar-refractivity contribution in [3.8, 4) is 11.5 Å². The number of hydrogen-bond acceptors (Lipinski definition) is 3. The van der Waals surface area contributed by atoms with Crippen molar-refractivity contribution in [2.75, 3.05) is 7.11 Å². The van der Waals surface area contributed by atoms with Crippen molar-refractivity contribution < 1.29 is 19.0 Å². The molecule has 0 unspecified atom stereocenters. The van der Waals surface area contributed by atoms with Gasteiger partial charge in [-0.15, -0.1) is 0 Å². The van der Waals surface area contributed by atoms with Crippen molar-refractivity contribution in [3.05, 3.63) is 22.5 Å². The summed E-state index contributed by atoms with van der Waals surface area (Å²) in [6, 6.07) is 1.04. The van der Waals surface area contributed by atoms with Crippen molar-refractivity contribution in [1.82, 2.24) is 0 Å². The molecule has 1 N–H and O–H groups in total. The van der Waals surface area contributed by atoms with Crippen LogP contribution in [0.5, 0.6) is 11.5 Å². The molecular weight excluding hydrogens is 223 g/mol. The highest BCUT2D eigenvalue weighted by Crippen LogP contribution is 2.36. The minimum Gasteiger partial charge on any atom is -0.504 e. The maximum Gasteiger partial charge on any atom is 0.167 e. The van der Waals surface area contributed by atoms with Crippen LogP contribution in [0.1, 0.15) is 12.5 Å². The second-order valence-corrected chi connectivity index (χ2v) is 3.49. The van der Waals surface area contributed by atoms with Gasteiger partial charge in [0.25, 0.3) is 0 Å². The standard InChI is InChI=1S/C10H10ClFO3/c1-5(13)3-6-9(12)7(11)4-8(14)10(6)15-2/h4,14H,3H2,1-2H3. The zero-order valence-corrected chi connectivity index (χ0v) is 9.06. The summed E-state index contributed by atoms with van der Waals surface area (Å²) in [5.74, 6) is -1.30. The highest BCUT2D eigenvalue weighted by atomic mass is 35.5. The Morgan fingerprint density at radius 3 is 2.73 bits per heavy atom. The molecule has 0 aliphatic carbocycles. The van der Waals surface area contributed by atoms with Crippen molar-refractivity contribution >= 4 is 17.4 Å². The fourth-order valence-corrected chi connectivity index (χ4v) is 1.50. The smallest absolute Gasteiger partial charge is 0.167 e. The molecule has 0 fully saturated rings. The fraction of sp³-hybridized carbons (Fsp3) is 0.300. The van der Waals surface area contributed by atoms with E-state index in [1.54, 1.807) is 0 Å². The van der Waals surface area contributed by atoms with Gasteiger partial charge in [0.2, 0.25) is 0 Å². The average Bonchev–Trinajstić information content (AvgIpc) is 2.13. The minimum absolute atomic E-state index is 0.0185. The fourth-order valence-electron chi connectivity index (χ4n) is 1.28. The van der Waals surface area contributed by atoms with Crippen molar-refractivity contribution in [3.63, 3.8) is 0 Å². The highest BCUT2D eigenvalue weighted by molar-refractivity contribution is 6.31. The van der Waals surface area contributed by atoms with E-state index in [0.717, 1.165) is 6.07 Å².